The molecule has 1 saturated carbocycles. The van der Waals surface area contributed by atoms with Crippen LogP contribution in [0.15, 0.2) is 29.6 Å². The van der Waals surface area contributed by atoms with Crippen molar-refractivity contribution in [3.05, 3.63) is 45.9 Å². The maximum atomic E-state index is 13.2. The van der Waals surface area contributed by atoms with Gasteiger partial charge in [0.2, 0.25) is 5.91 Å². The molecule has 1 aliphatic carbocycles. The molecule has 0 bridgehead atoms. The van der Waals surface area contributed by atoms with E-state index in [2.05, 4.69) is 9.88 Å². The molecule has 30 heavy (non-hydrogen) atoms. The number of carbonyl (C=O) groups excluding carboxylic acids is 2. The Bertz CT molecular complexity index is 955. The molecule has 2 saturated heterocycles. The van der Waals surface area contributed by atoms with E-state index >= 15 is 0 Å². The summed E-state index contributed by atoms with van der Waals surface area (Å²) in [7, 11) is 0. The summed E-state index contributed by atoms with van der Waals surface area (Å²) in [6.07, 6.45) is 4.69. The molecule has 2 aromatic rings. The quantitative estimate of drug-likeness (QED) is 0.734. The summed E-state index contributed by atoms with van der Waals surface area (Å²) in [6.45, 7) is 3.83. The number of thiazole rings is 1. The molecule has 0 spiro atoms. The van der Waals surface area contributed by atoms with Crippen LogP contribution in [0.2, 0.25) is 0 Å². The van der Waals surface area contributed by atoms with Gasteiger partial charge in [0.05, 0.1) is 10.7 Å². The lowest BCUT2D eigenvalue weighted by Crippen LogP contribution is -2.57. The van der Waals surface area contributed by atoms with Crippen molar-refractivity contribution < 1.29 is 14.3 Å². The molecule has 2 atom stereocenters. The van der Waals surface area contributed by atoms with Gasteiger partial charge in [-0.05, 0) is 56.7 Å². The largest absolute Gasteiger partial charge is 0.487 e. The molecular formula is C23H27N3O3S. The van der Waals surface area contributed by atoms with Crippen molar-refractivity contribution in [2.45, 2.75) is 57.7 Å². The minimum atomic E-state index is 0.0540. The van der Waals surface area contributed by atoms with Crippen molar-refractivity contribution >= 4 is 23.2 Å². The number of aromatic nitrogens is 1. The highest BCUT2D eigenvalue weighted by Crippen LogP contribution is 2.39. The van der Waals surface area contributed by atoms with E-state index < -0.39 is 0 Å². The Morgan fingerprint density at radius 2 is 2.13 bits per heavy atom. The molecule has 2 aliphatic heterocycles. The minimum absolute atomic E-state index is 0.0540. The third kappa shape index (κ3) is 3.95. The molecule has 2 amide bonds. The molecule has 1 aromatic carbocycles. The second-order valence-electron chi connectivity index (χ2n) is 8.61. The third-order valence-corrected chi connectivity index (χ3v) is 7.25. The van der Waals surface area contributed by atoms with Crippen LogP contribution in [-0.2, 0) is 11.4 Å². The van der Waals surface area contributed by atoms with Gasteiger partial charge in [0.25, 0.3) is 5.91 Å². The molecular weight excluding hydrogens is 398 g/mol. The highest BCUT2D eigenvalue weighted by atomic mass is 32.1. The van der Waals surface area contributed by atoms with Gasteiger partial charge in [-0.2, -0.15) is 0 Å². The van der Waals surface area contributed by atoms with Gasteiger partial charge in [-0.3, -0.25) is 9.59 Å². The van der Waals surface area contributed by atoms with Gasteiger partial charge in [0.1, 0.15) is 12.4 Å². The number of benzene rings is 1. The first-order valence-corrected chi connectivity index (χ1v) is 11.7. The smallest absolute Gasteiger partial charge is 0.253 e. The number of amides is 2. The number of hydrogen-bond donors (Lipinski definition) is 0. The van der Waals surface area contributed by atoms with Gasteiger partial charge in [-0.1, -0.05) is 6.07 Å². The molecule has 6 nitrogen and oxygen atoms in total. The van der Waals surface area contributed by atoms with Crippen molar-refractivity contribution in [3.8, 4) is 5.75 Å². The lowest BCUT2D eigenvalue weighted by molar-refractivity contribution is -0.141. The monoisotopic (exact) mass is 425 g/mol. The molecule has 1 aromatic heterocycles. The number of hydrogen-bond acceptors (Lipinski definition) is 5. The molecule has 7 heteroatoms. The van der Waals surface area contributed by atoms with E-state index in [1.807, 2.05) is 41.5 Å². The van der Waals surface area contributed by atoms with Crippen LogP contribution in [0.3, 0.4) is 0 Å². The van der Waals surface area contributed by atoms with Crippen molar-refractivity contribution in [2.75, 3.05) is 13.1 Å². The number of carbonyl (C=O) groups is 2. The highest BCUT2D eigenvalue weighted by Gasteiger charge is 2.45. The van der Waals surface area contributed by atoms with Crippen molar-refractivity contribution in [1.82, 2.24) is 14.8 Å². The Kier molecular flexibility index (Phi) is 5.23. The fourth-order valence-electron chi connectivity index (χ4n) is 4.84. The average molecular weight is 426 g/mol. The fourth-order valence-corrected chi connectivity index (χ4v) is 5.43. The Labute approximate surface area is 180 Å². The van der Waals surface area contributed by atoms with E-state index in [0.29, 0.717) is 54.8 Å². The van der Waals surface area contributed by atoms with Crippen LogP contribution in [0.5, 0.6) is 5.75 Å². The van der Waals surface area contributed by atoms with Crippen LogP contribution < -0.4 is 4.74 Å². The normalized spacial score (nSPS) is 24.0. The molecule has 3 fully saturated rings. The van der Waals surface area contributed by atoms with Crippen LogP contribution in [0.4, 0.5) is 0 Å². The number of aryl methyl sites for hydroxylation is 1. The van der Waals surface area contributed by atoms with Gasteiger partial charge in [0, 0.05) is 42.5 Å². The minimum Gasteiger partial charge on any atom is -0.487 e. The van der Waals surface area contributed by atoms with Gasteiger partial charge < -0.3 is 14.5 Å². The maximum Gasteiger partial charge on any atom is 0.253 e. The molecule has 0 radical (unpaired) electrons. The Hall–Kier alpha value is -2.41. The Morgan fingerprint density at radius 3 is 2.90 bits per heavy atom. The lowest BCUT2D eigenvalue weighted by Gasteiger charge is -2.47. The maximum absolute atomic E-state index is 13.2. The topological polar surface area (TPSA) is 62.7 Å². The lowest BCUT2D eigenvalue weighted by atomic mass is 9.83. The zero-order valence-electron chi connectivity index (χ0n) is 17.3. The van der Waals surface area contributed by atoms with Crippen molar-refractivity contribution in [2.24, 2.45) is 5.92 Å². The van der Waals surface area contributed by atoms with Crippen molar-refractivity contribution in [3.63, 3.8) is 0 Å². The standard InChI is InChI=1S/C23H27N3O3S/c1-15-24-18(14-30-15)13-29-20-4-2-3-16(11-20)23(28)25-10-9-21-17(12-25)5-8-22(27)26(21)19-6-7-19/h2-4,11,14,17,19,21H,5-10,12-13H2,1H3/t17-,21+/m0/s1. The number of rotatable bonds is 5. The van der Waals surface area contributed by atoms with Crippen LogP contribution in [-0.4, -0.2) is 51.8 Å². The zero-order valence-corrected chi connectivity index (χ0v) is 18.1. The first-order chi connectivity index (χ1) is 14.6. The first kappa shape index (κ1) is 19.5. The molecule has 0 N–H and O–H groups in total. The summed E-state index contributed by atoms with van der Waals surface area (Å²) in [5, 5.41) is 3.01. The van der Waals surface area contributed by atoms with E-state index in [4.69, 9.17) is 4.74 Å². The molecule has 0 unspecified atom stereocenters. The average Bonchev–Trinajstić information content (AvgIpc) is 3.51. The molecule has 3 aliphatic rings. The van der Waals surface area contributed by atoms with Crippen LogP contribution in [0, 0.1) is 12.8 Å². The molecule has 3 heterocycles. The number of piperidine rings is 2. The summed E-state index contributed by atoms with van der Waals surface area (Å²) in [4.78, 5) is 34.1. The Balaban J connectivity index is 1.23. The summed E-state index contributed by atoms with van der Waals surface area (Å²) in [5.41, 5.74) is 1.56. The summed E-state index contributed by atoms with van der Waals surface area (Å²) in [6, 6.07) is 8.21. The van der Waals surface area contributed by atoms with E-state index in [1.54, 1.807) is 11.3 Å². The molecule has 5 rings (SSSR count). The number of nitrogens with zero attached hydrogens (tertiary/aromatic N) is 3. The van der Waals surface area contributed by atoms with E-state index in [-0.39, 0.29) is 5.91 Å². The van der Waals surface area contributed by atoms with Crippen LogP contribution >= 0.6 is 11.3 Å². The van der Waals surface area contributed by atoms with Crippen molar-refractivity contribution in [1.29, 1.82) is 0 Å². The number of likely N-dealkylation sites (tertiary alicyclic amines) is 2. The third-order valence-electron chi connectivity index (χ3n) is 6.43. The molecule has 158 valence electrons. The first-order valence-electron chi connectivity index (χ1n) is 10.8. The zero-order chi connectivity index (χ0) is 20.7. The summed E-state index contributed by atoms with van der Waals surface area (Å²) >= 11 is 1.60. The van der Waals surface area contributed by atoms with Gasteiger partial charge in [0.15, 0.2) is 0 Å². The van der Waals surface area contributed by atoms with E-state index in [9.17, 15) is 9.59 Å². The number of ether oxygens (including phenoxy) is 1. The van der Waals surface area contributed by atoms with Gasteiger partial charge in [-0.15, -0.1) is 11.3 Å². The number of fused-ring (bicyclic) bond motifs is 1. The highest BCUT2D eigenvalue weighted by molar-refractivity contribution is 7.09. The Morgan fingerprint density at radius 1 is 1.27 bits per heavy atom. The van der Waals surface area contributed by atoms with E-state index in [1.165, 1.54) is 0 Å². The predicted molar refractivity (Wildman–Crippen MR) is 115 cm³/mol. The van der Waals surface area contributed by atoms with Gasteiger partial charge in [-0.25, -0.2) is 4.98 Å². The summed E-state index contributed by atoms with van der Waals surface area (Å²) < 4.78 is 5.86. The predicted octanol–water partition coefficient (Wildman–Crippen LogP) is 3.65. The van der Waals surface area contributed by atoms with Crippen LogP contribution in [0.25, 0.3) is 0 Å². The van der Waals surface area contributed by atoms with E-state index in [0.717, 1.165) is 42.9 Å². The second kappa shape index (κ2) is 8.02. The fraction of sp³-hybridized carbons (Fsp3) is 0.522. The second-order valence-corrected chi connectivity index (χ2v) is 9.67. The summed E-state index contributed by atoms with van der Waals surface area (Å²) in [5.74, 6) is 1.45. The van der Waals surface area contributed by atoms with Crippen LogP contribution in [0.1, 0.15) is 53.2 Å². The van der Waals surface area contributed by atoms with Gasteiger partial charge >= 0.3 is 0 Å². The SMILES string of the molecule is Cc1nc(COc2cccc(C(=O)N3CC[C@@H]4[C@@H](CCC(=O)N4C4CC4)C3)c2)cs1.